The Hall–Kier alpha value is -2.90. The van der Waals surface area contributed by atoms with Crippen LogP contribution in [0.1, 0.15) is 50.5 Å². The Kier molecular flexibility index (Phi) is 7.54. The lowest BCUT2D eigenvalue weighted by atomic mass is 10.0. The molecule has 0 spiro atoms. The number of ether oxygens (including phenoxy) is 1. The second kappa shape index (κ2) is 9.87. The number of esters is 1. The highest BCUT2D eigenvalue weighted by atomic mass is 16.5. The number of nitrogens with zero attached hydrogens (tertiary/aromatic N) is 2. The zero-order valence-electron chi connectivity index (χ0n) is 16.6. The van der Waals surface area contributed by atoms with Crippen molar-refractivity contribution in [1.82, 2.24) is 15.1 Å². The highest BCUT2D eigenvalue weighted by Crippen LogP contribution is 2.19. The Bertz CT molecular complexity index is 844. The summed E-state index contributed by atoms with van der Waals surface area (Å²) in [4.78, 5) is 35.8. The lowest BCUT2D eigenvalue weighted by Gasteiger charge is -2.18. The number of aromatic nitrogens is 2. The van der Waals surface area contributed by atoms with Crippen LogP contribution in [-0.2, 0) is 20.9 Å². The van der Waals surface area contributed by atoms with Gasteiger partial charge in [-0.15, -0.1) is 0 Å². The average Bonchev–Trinajstić information content (AvgIpc) is 3.02. The maximum Gasteiger partial charge on any atom is 0.305 e. The SMILES string of the molecule is CCOC(=O)CCCCn1nc(C(=O)NC(C(N)=O)C(C)C)c2ccccc21. The fourth-order valence-electron chi connectivity index (χ4n) is 3.01. The van der Waals surface area contributed by atoms with Crippen LogP contribution in [0.15, 0.2) is 24.3 Å². The summed E-state index contributed by atoms with van der Waals surface area (Å²) in [6.07, 6.45) is 1.75. The van der Waals surface area contributed by atoms with Crippen LogP contribution in [0.25, 0.3) is 10.9 Å². The van der Waals surface area contributed by atoms with Crippen LogP contribution in [-0.4, -0.2) is 40.2 Å². The summed E-state index contributed by atoms with van der Waals surface area (Å²) >= 11 is 0. The van der Waals surface area contributed by atoms with Crippen molar-refractivity contribution in [2.45, 2.75) is 52.6 Å². The molecule has 0 radical (unpaired) electrons. The number of rotatable bonds is 10. The molecule has 0 aliphatic rings. The minimum atomic E-state index is -0.763. The predicted molar refractivity (Wildman–Crippen MR) is 106 cm³/mol. The van der Waals surface area contributed by atoms with Crippen LogP contribution in [0.5, 0.6) is 0 Å². The largest absolute Gasteiger partial charge is 0.466 e. The number of primary amides is 1. The molecule has 0 aliphatic heterocycles. The number of carbonyl (C=O) groups excluding carboxylic acids is 3. The van der Waals surface area contributed by atoms with Crippen molar-refractivity contribution < 1.29 is 19.1 Å². The molecule has 2 aromatic rings. The van der Waals surface area contributed by atoms with Crippen molar-refractivity contribution in [3.05, 3.63) is 30.0 Å². The monoisotopic (exact) mass is 388 g/mol. The van der Waals surface area contributed by atoms with Gasteiger partial charge in [-0.25, -0.2) is 0 Å². The molecule has 0 saturated carbocycles. The van der Waals surface area contributed by atoms with E-state index in [0.29, 0.717) is 31.4 Å². The third kappa shape index (κ3) is 5.31. The van der Waals surface area contributed by atoms with Crippen molar-refractivity contribution in [3.63, 3.8) is 0 Å². The molecule has 28 heavy (non-hydrogen) atoms. The van der Waals surface area contributed by atoms with Gasteiger partial charge in [0, 0.05) is 18.4 Å². The van der Waals surface area contributed by atoms with Gasteiger partial charge in [0.2, 0.25) is 5.91 Å². The van der Waals surface area contributed by atoms with E-state index in [2.05, 4.69) is 10.4 Å². The normalized spacial score (nSPS) is 12.1. The number of carbonyl (C=O) groups is 3. The van der Waals surface area contributed by atoms with Crippen LogP contribution in [0.2, 0.25) is 0 Å². The van der Waals surface area contributed by atoms with Gasteiger partial charge in [-0.3, -0.25) is 19.1 Å². The molecule has 0 fully saturated rings. The summed E-state index contributed by atoms with van der Waals surface area (Å²) in [6.45, 7) is 6.36. The molecule has 1 atom stereocenters. The van der Waals surface area contributed by atoms with Crippen LogP contribution in [0.4, 0.5) is 0 Å². The first kappa shape index (κ1) is 21.4. The summed E-state index contributed by atoms with van der Waals surface area (Å²) in [5.74, 6) is -1.35. The van der Waals surface area contributed by atoms with Crippen LogP contribution in [0.3, 0.4) is 0 Å². The lowest BCUT2D eigenvalue weighted by molar-refractivity contribution is -0.143. The van der Waals surface area contributed by atoms with Crippen molar-refractivity contribution in [1.29, 1.82) is 0 Å². The minimum Gasteiger partial charge on any atom is -0.466 e. The van der Waals surface area contributed by atoms with Crippen LogP contribution < -0.4 is 11.1 Å². The fraction of sp³-hybridized carbons (Fsp3) is 0.500. The fourth-order valence-corrected chi connectivity index (χ4v) is 3.01. The number of nitrogens with one attached hydrogen (secondary N) is 1. The van der Waals surface area contributed by atoms with Gasteiger partial charge in [-0.05, 0) is 31.7 Å². The summed E-state index contributed by atoms with van der Waals surface area (Å²) in [5, 5.41) is 7.84. The van der Waals surface area contributed by atoms with Crippen LogP contribution in [0, 0.1) is 5.92 Å². The Balaban J connectivity index is 2.14. The van der Waals surface area contributed by atoms with E-state index in [1.54, 1.807) is 11.6 Å². The van der Waals surface area contributed by atoms with Crippen molar-refractivity contribution in [2.24, 2.45) is 11.7 Å². The van der Waals surface area contributed by atoms with E-state index >= 15 is 0 Å². The summed E-state index contributed by atoms with van der Waals surface area (Å²) < 4.78 is 6.68. The number of nitrogens with two attached hydrogens (primary N) is 1. The first-order chi connectivity index (χ1) is 13.3. The Morgan fingerprint density at radius 1 is 1.21 bits per heavy atom. The summed E-state index contributed by atoms with van der Waals surface area (Å²) in [7, 11) is 0. The minimum absolute atomic E-state index is 0.127. The smallest absolute Gasteiger partial charge is 0.305 e. The van der Waals surface area contributed by atoms with Crippen LogP contribution >= 0.6 is 0 Å². The maximum absolute atomic E-state index is 12.7. The number of hydrogen-bond donors (Lipinski definition) is 2. The standard InChI is InChI=1S/C20H28N4O4/c1-4-28-16(25)11-7-8-12-24-15-10-6-5-9-14(15)18(23-24)20(27)22-17(13(2)3)19(21)26/h5-6,9-10,13,17H,4,7-8,11-12H2,1-3H3,(H2,21,26)(H,22,27). The Morgan fingerprint density at radius 2 is 1.93 bits per heavy atom. The average molecular weight is 388 g/mol. The van der Waals surface area contributed by atoms with Crippen molar-refractivity contribution in [2.75, 3.05) is 6.61 Å². The van der Waals surface area contributed by atoms with Gasteiger partial charge in [0.1, 0.15) is 6.04 Å². The molecule has 2 rings (SSSR count). The molecular weight excluding hydrogens is 360 g/mol. The van der Waals surface area contributed by atoms with Crippen molar-refractivity contribution in [3.8, 4) is 0 Å². The Labute approximate surface area is 164 Å². The molecular formula is C20H28N4O4. The quantitative estimate of drug-likeness (QED) is 0.477. The maximum atomic E-state index is 12.7. The highest BCUT2D eigenvalue weighted by Gasteiger charge is 2.25. The van der Waals surface area contributed by atoms with Crippen molar-refractivity contribution >= 4 is 28.7 Å². The van der Waals surface area contributed by atoms with Gasteiger partial charge < -0.3 is 15.8 Å². The second-order valence-corrected chi connectivity index (χ2v) is 6.95. The number of aryl methyl sites for hydroxylation is 1. The summed E-state index contributed by atoms with van der Waals surface area (Å²) in [6, 6.07) is 6.65. The molecule has 8 nitrogen and oxygen atoms in total. The van der Waals surface area contributed by atoms with E-state index in [4.69, 9.17) is 10.5 Å². The number of unbranched alkanes of at least 4 members (excludes halogenated alkanes) is 1. The van der Waals surface area contributed by atoms with E-state index in [0.717, 1.165) is 11.9 Å². The molecule has 3 N–H and O–H groups in total. The number of amides is 2. The topological polar surface area (TPSA) is 116 Å². The molecule has 1 heterocycles. The lowest BCUT2D eigenvalue weighted by Crippen LogP contribution is -2.47. The molecule has 0 aliphatic carbocycles. The van der Waals surface area contributed by atoms with Gasteiger partial charge in [-0.2, -0.15) is 5.10 Å². The molecule has 0 bridgehead atoms. The number of benzene rings is 1. The molecule has 1 unspecified atom stereocenters. The van der Waals surface area contributed by atoms with Gasteiger partial charge >= 0.3 is 5.97 Å². The van der Waals surface area contributed by atoms with Gasteiger partial charge in [0.25, 0.3) is 5.91 Å². The first-order valence-corrected chi connectivity index (χ1v) is 9.56. The molecule has 0 saturated heterocycles. The first-order valence-electron chi connectivity index (χ1n) is 9.56. The van der Waals surface area contributed by atoms with Gasteiger partial charge in [0.15, 0.2) is 5.69 Å². The third-order valence-electron chi connectivity index (χ3n) is 4.44. The van der Waals surface area contributed by atoms with Gasteiger partial charge in [0.05, 0.1) is 12.1 Å². The summed E-state index contributed by atoms with van der Waals surface area (Å²) in [5.41, 5.74) is 6.47. The zero-order valence-corrected chi connectivity index (χ0v) is 16.6. The van der Waals surface area contributed by atoms with Gasteiger partial charge in [-0.1, -0.05) is 32.0 Å². The molecule has 2 amide bonds. The molecule has 152 valence electrons. The predicted octanol–water partition coefficient (Wildman–Crippen LogP) is 2.01. The van der Waals surface area contributed by atoms with E-state index in [1.165, 1.54) is 0 Å². The zero-order chi connectivity index (χ0) is 20.7. The van der Waals surface area contributed by atoms with E-state index in [9.17, 15) is 14.4 Å². The molecule has 1 aromatic heterocycles. The van der Waals surface area contributed by atoms with E-state index in [-0.39, 0.29) is 17.6 Å². The Morgan fingerprint density at radius 3 is 2.57 bits per heavy atom. The second-order valence-electron chi connectivity index (χ2n) is 6.95. The molecule has 8 heteroatoms. The highest BCUT2D eigenvalue weighted by molar-refractivity contribution is 6.06. The number of hydrogen-bond acceptors (Lipinski definition) is 5. The van der Waals surface area contributed by atoms with E-state index < -0.39 is 17.9 Å². The third-order valence-corrected chi connectivity index (χ3v) is 4.44. The number of para-hydroxylation sites is 1. The molecule has 1 aromatic carbocycles. The van der Waals surface area contributed by atoms with E-state index in [1.807, 2.05) is 38.1 Å². The number of fused-ring (bicyclic) bond motifs is 1.